The van der Waals surface area contributed by atoms with Gasteiger partial charge in [0.2, 0.25) is 0 Å². The van der Waals surface area contributed by atoms with Gasteiger partial charge < -0.3 is 10.1 Å². The molecule has 2 unspecified atom stereocenters. The standard InChI is InChI=1S/C13H19F2NO/c1-8(2)13(17-4)12(16-3)11-9(14)6-5-7-10(11)15/h5-8,12-13,16H,1-4H3. The van der Waals surface area contributed by atoms with Crippen molar-refractivity contribution in [2.24, 2.45) is 5.92 Å². The molecule has 0 aromatic heterocycles. The van der Waals surface area contributed by atoms with Crippen LogP contribution >= 0.6 is 0 Å². The molecule has 0 amide bonds. The van der Waals surface area contributed by atoms with Crippen LogP contribution < -0.4 is 5.32 Å². The molecule has 0 spiro atoms. The predicted molar refractivity (Wildman–Crippen MR) is 63.8 cm³/mol. The number of ether oxygens (including phenoxy) is 1. The van der Waals surface area contributed by atoms with E-state index in [1.807, 2.05) is 13.8 Å². The maximum absolute atomic E-state index is 13.7. The van der Waals surface area contributed by atoms with Crippen LogP contribution in [0.3, 0.4) is 0 Å². The first-order chi connectivity index (χ1) is 8.02. The fourth-order valence-electron chi connectivity index (χ4n) is 2.07. The summed E-state index contributed by atoms with van der Waals surface area (Å²) in [5.41, 5.74) is 0.0375. The van der Waals surface area contributed by atoms with Gasteiger partial charge in [0, 0.05) is 12.7 Å². The molecule has 0 bridgehead atoms. The smallest absolute Gasteiger partial charge is 0.131 e. The highest BCUT2D eigenvalue weighted by Gasteiger charge is 2.29. The Morgan fingerprint density at radius 2 is 1.71 bits per heavy atom. The molecule has 1 aromatic carbocycles. The van der Waals surface area contributed by atoms with Crippen molar-refractivity contribution in [1.29, 1.82) is 0 Å². The van der Waals surface area contributed by atoms with Crippen LogP contribution in [0.2, 0.25) is 0 Å². The second kappa shape index (κ2) is 6.07. The van der Waals surface area contributed by atoms with Crippen molar-refractivity contribution in [3.8, 4) is 0 Å². The van der Waals surface area contributed by atoms with Gasteiger partial charge in [0.1, 0.15) is 11.6 Å². The van der Waals surface area contributed by atoms with Gasteiger partial charge in [0.25, 0.3) is 0 Å². The molecule has 2 nitrogen and oxygen atoms in total. The van der Waals surface area contributed by atoms with Crippen LogP contribution in [0.15, 0.2) is 18.2 Å². The molecule has 0 aliphatic carbocycles. The van der Waals surface area contributed by atoms with Crippen LogP contribution in [0.4, 0.5) is 8.78 Å². The molecule has 0 saturated heterocycles. The van der Waals surface area contributed by atoms with E-state index in [4.69, 9.17) is 4.74 Å². The van der Waals surface area contributed by atoms with Gasteiger partial charge in [-0.3, -0.25) is 0 Å². The molecule has 0 fully saturated rings. The monoisotopic (exact) mass is 243 g/mol. The summed E-state index contributed by atoms with van der Waals surface area (Å²) in [6.45, 7) is 3.91. The van der Waals surface area contributed by atoms with Crippen molar-refractivity contribution in [1.82, 2.24) is 5.32 Å². The van der Waals surface area contributed by atoms with Crippen LogP contribution in [0.5, 0.6) is 0 Å². The van der Waals surface area contributed by atoms with E-state index in [1.54, 1.807) is 14.2 Å². The Morgan fingerprint density at radius 3 is 2.06 bits per heavy atom. The first-order valence-electron chi connectivity index (χ1n) is 5.66. The summed E-state index contributed by atoms with van der Waals surface area (Å²) < 4.78 is 32.8. The Bertz CT molecular complexity index is 348. The fourth-order valence-corrected chi connectivity index (χ4v) is 2.07. The molecule has 1 rings (SSSR count). The van der Waals surface area contributed by atoms with Crippen LogP contribution in [0.1, 0.15) is 25.5 Å². The number of hydrogen-bond donors (Lipinski definition) is 1. The number of methoxy groups -OCH3 is 1. The average molecular weight is 243 g/mol. The van der Waals surface area contributed by atoms with Crippen molar-refractivity contribution in [3.63, 3.8) is 0 Å². The topological polar surface area (TPSA) is 21.3 Å². The van der Waals surface area contributed by atoms with E-state index in [1.165, 1.54) is 18.2 Å². The molecule has 0 heterocycles. The summed E-state index contributed by atoms with van der Waals surface area (Å²) in [7, 11) is 3.22. The summed E-state index contributed by atoms with van der Waals surface area (Å²) in [4.78, 5) is 0. The molecule has 4 heteroatoms. The number of likely N-dealkylation sites (N-methyl/N-ethyl adjacent to an activating group) is 1. The van der Waals surface area contributed by atoms with E-state index in [-0.39, 0.29) is 17.6 Å². The second-order valence-corrected chi connectivity index (χ2v) is 4.35. The molecular formula is C13H19F2NO. The molecule has 2 atom stereocenters. The van der Waals surface area contributed by atoms with Gasteiger partial charge in [-0.05, 0) is 25.1 Å². The summed E-state index contributed by atoms with van der Waals surface area (Å²) >= 11 is 0. The third-order valence-electron chi connectivity index (χ3n) is 2.88. The molecule has 1 N–H and O–H groups in total. The second-order valence-electron chi connectivity index (χ2n) is 4.35. The lowest BCUT2D eigenvalue weighted by atomic mass is 9.93. The number of hydrogen-bond acceptors (Lipinski definition) is 2. The number of benzene rings is 1. The highest BCUT2D eigenvalue weighted by molar-refractivity contribution is 5.24. The first-order valence-corrected chi connectivity index (χ1v) is 5.66. The van der Waals surface area contributed by atoms with E-state index in [2.05, 4.69) is 5.32 Å². The minimum atomic E-state index is -0.549. The van der Waals surface area contributed by atoms with Crippen LogP contribution in [0, 0.1) is 17.6 Å². The zero-order valence-corrected chi connectivity index (χ0v) is 10.6. The SMILES string of the molecule is CNC(c1c(F)cccc1F)C(OC)C(C)C. The minimum absolute atomic E-state index is 0.0375. The van der Waals surface area contributed by atoms with E-state index in [0.717, 1.165) is 0 Å². The Hall–Kier alpha value is -1.00. The lowest BCUT2D eigenvalue weighted by Crippen LogP contribution is -2.36. The molecule has 1 aromatic rings. The minimum Gasteiger partial charge on any atom is -0.379 e. The van der Waals surface area contributed by atoms with E-state index in [9.17, 15) is 8.78 Å². The normalized spacial score (nSPS) is 15.0. The van der Waals surface area contributed by atoms with Crippen molar-refractivity contribution >= 4 is 0 Å². The third-order valence-corrected chi connectivity index (χ3v) is 2.88. The van der Waals surface area contributed by atoms with Crippen molar-refractivity contribution < 1.29 is 13.5 Å². The molecule has 96 valence electrons. The first kappa shape index (κ1) is 14.1. The van der Waals surface area contributed by atoms with Gasteiger partial charge in [-0.2, -0.15) is 0 Å². The molecule has 0 saturated carbocycles. The van der Waals surface area contributed by atoms with Crippen LogP contribution in [-0.4, -0.2) is 20.3 Å². The van der Waals surface area contributed by atoms with Crippen molar-refractivity contribution in [2.45, 2.75) is 26.0 Å². The summed E-state index contributed by atoms with van der Waals surface area (Å²) in [6.07, 6.45) is -0.286. The molecule has 0 radical (unpaired) electrons. The third kappa shape index (κ3) is 3.01. The summed E-state index contributed by atoms with van der Waals surface area (Å²) in [5.74, 6) is -0.949. The molecule has 0 aliphatic heterocycles. The molecular weight excluding hydrogens is 224 g/mol. The zero-order chi connectivity index (χ0) is 13.0. The van der Waals surface area contributed by atoms with Gasteiger partial charge in [-0.15, -0.1) is 0 Å². The Labute approximate surface area is 101 Å². The van der Waals surface area contributed by atoms with Crippen LogP contribution in [-0.2, 0) is 4.74 Å². The highest BCUT2D eigenvalue weighted by Crippen LogP contribution is 2.28. The maximum atomic E-state index is 13.7. The molecule has 17 heavy (non-hydrogen) atoms. The fraction of sp³-hybridized carbons (Fsp3) is 0.538. The lowest BCUT2D eigenvalue weighted by Gasteiger charge is -2.29. The number of halogens is 2. The average Bonchev–Trinajstić information content (AvgIpc) is 2.27. The largest absolute Gasteiger partial charge is 0.379 e. The predicted octanol–water partition coefficient (Wildman–Crippen LogP) is 2.90. The summed E-state index contributed by atoms with van der Waals surface area (Å²) in [6, 6.07) is 3.38. The maximum Gasteiger partial charge on any atom is 0.131 e. The highest BCUT2D eigenvalue weighted by atomic mass is 19.1. The van der Waals surface area contributed by atoms with Crippen molar-refractivity contribution in [3.05, 3.63) is 35.4 Å². The zero-order valence-electron chi connectivity index (χ0n) is 10.6. The van der Waals surface area contributed by atoms with Gasteiger partial charge in [0.05, 0.1) is 12.1 Å². The Kier molecular flexibility index (Phi) is 5.02. The van der Waals surface area contributed by atoms with Gasteiger partial charge in [0.15, 0.2) is 0 Å². The lowest BCUT2D eigenvalue weighted by molar-refractivity contribution is 0.0328. The van der Waals surface area contributed by atoms with E-state index in [0.29, 0.717) is 0 Å². The number of nitrogens with one attached hydrogen (secondary N) is 1. The van der Waals surface area contributed by atoms with Crippen molar-refractivity contribution in [2.75, 3.05) is 14.2 Å². The number of rotatable bonds is 5. The Balaban J connectivity index is 3.17. The summed E-state index contributed by atoms with van der Waals surface area (Å²) in [5, 5.41) is 2.93. The van der Waals surface area contributed by atoms with Gasteiger partial charge >= 0.3 is 0 Å². The van der Waals surface area contributed by atoms with E-state index < -0.39 is 17.7 Å². The van der Waals surface area contributed by atoms with E-state index >= 15 is 0 Å². The van der Waals surface area contributed by atoms with Gasteiger partial charge in [-0.1, -0.05) is 19.9 Å². The molecule has 0 aliphatic rings. The quantitative estimate of drug-likeness (QED) is 0.858. The Morgan fingerprint density at radius 1 is 1.18 bits per heavy atom. The van der Waals surface area contributed by atoms with Gasteiger partial charge in [-0.25, -0.2) is 8.78 Å². The van der Waals surface area contributed by atoms with Crippen LogP contribution in [0.25, 0.3) is 0 Å².